The molecule has 1 spiro atoms. The fourth-order valence-corrected chi connectivity index (χ4v) is 10.5. The number of nitrogens with zero attached hydrogens (tertiary/aromatic N) is 3. The van der Waals surface area contributed by atoms with Gasteiger partial charge in [0.2, 0.25) is 5.91 Å². The molecule has 3 aromatic carbocycles. The molecule has 1 unspecified atom stereocenters. The summed E-state index contributed by atoms with van der Waals surface area (Å²) in [6.45, 7) is 7.71. The first-order chi connectivity index (χ1) is 30.3. The molecular weight excluding hydrogens is 812 g/mol. The summed E-state index contributed by atoms with van der Waals surface area (Å²) in [5.41, 5.74) is 5.58. The number of amides is 1. The van der Waals surface area contributed by atoms with Gasteiger partial charge in [-0.2, -0.15) is 0 Å². The molecule has 3 aliphatic rings. The second-order valence-corrected chi connectivity index (χ2v) is 19.3. The second-order valence-electron chi connectivity index (χ2n) is 18.8. The van der Waals surface area contributed by atoms with Crippen LogP contribution in [0.25, 0.3) is 0 Å². The maximum atomic E-state index is 13.1. The van der Waals surface area contributed by atoms with Gasteiger partial charge in [-0.15, -0.1) is 0 Å². The number of anilines is 1. The third-order valence-electron chi connectivity index (χ3n) is 13.9. The topological polar surface area (TPSA) is 113 Å². The monoisotopic (exact) mass is 878 g/mol. The van der Waals surface area contributed by atoms with Crippen molar-refractivity contribution in [2.45, 2.75) is 108 Å². The van der Waals surface area contributed by atoms with Crippen molar-refractivity contribution in [3.05, 3.63) is 112 Å². The van der Waals surface area contributed by atoms with E-state index < -0.39 is 11.5 Å². The van der Waals surface area contributed by atoms with Gasteiger partial charge in [-0.1, -0.05) is 49.7 Å². The average Bonchev–Trinajstić information content (AvgIpc) is 3.55. The van der Waals surface area contributed by atoms with Crippen molar-refractivity contribution in [2.75, 3.05) is 59.4 Å². The number of pyridine rings is 1. The van der Waals surface area contributed by atoms with E-state index >= 15 is 0 Å². The van der Waals surface area contributed by atoms with Crippen LogP contribution in [-0.2, 0) is 34.3 Å². The number of rotatable bonds is 20. The Morgan fingerprint density at radius 3 is 2.49 bits per heavy atom. The molecule has 4 aromatic rings. The summed E-state index contributed by atoms with van der Waals surface area (Å²) in [5, 5.41) is 14.7. The van der Waals surface area contributed by atoms with Gasteiger partial charge < -0.3 is 34.4 Å². The molecule has 3 atom stereocenters. The summed E-state index contributed by atoms with van der Waals surface area (Å²) in [6.07, 6.45) is 11.3. The van der Waals surface area contributed by atoms with Gasteiger partial charge in [-0.05, 0) is 173 Å². The van der Waals surface area contributed by atoms with E-state index in [-0.39, 0.29) is 17.2 Å². The summed E-state index contributed by atoms with van der Waals surface area (Å²) in [4.78, 5) is 34.8. The van der Waals surface area contributed by atoms with E-state index in [4.69, 9.17) is 25.8 Å². The number of carboxylic acid groups (broad SMARTS) is 1. The minimum absolute atomic E-state index is 0.0969. The second kappa shape index (κ2) is 20.8. The van der Waals surface area contributed by atoms with Gasteiger partial charge in [-0.25, -0.2) is 4.79 Å². The Balaban J connectivity index is 0.993. The third kappa shape index (κ3) is 11.3. The van der Waals surface area contributed by atoms with Gasteiger partial charge >= 0.3 is 5.97 Å². The Labute approximate surface area is 379 Å². The number of nitrogens with one attached hydrogen (secondary N) is 1. The van der Waals surface area contributed by atoms with Crippen molar-refractivity contribution < 1.29 is 28.9 Å². The highest BCUT2D eigenvalue weighted by atomic mass is 35.5. The third-order valence-corrected chi connectivity index (χ3v) is 14.2. The SMILES string of the molecule is C[C@@H](COc1ccnc2c1[C@H](C)CCC2)CC1Cc2ccc(OCCCC(=O)N(C)CCc3cccc(OCCN(C)C)c3)cc2C12CCC(Nc1cccc(Cl)c1)(C(=O)O)CC2. The minimum Gasteiger partial charge on any atom is -0.494 e. The van der Waals surface area contributed by atoms with E-state index in [0.29, 0.717) is 68.9 Å². The number of carbonyl (C=O) groups excluding carboxylic acids is 1. The number of hydrogen-bond donors (Lipinski definition) is 2. The molecule has 3 aliphatic carbocycles. The molecule has 1 aromatic heterocycles. The van der Waals surface area contributed by atoms with Crippen LogP contribution >= 0.6 is 11.6 Å². The molecule has 1 saturated carbocycles. The predicted molar refractivity (Wildman–Crippen MR) is 251 cm³/mol. The molecule has 7 rings (SSSR count). The highest BCUT2D eigenvalue weighted by Crippen LogP contribution is 2.57. The van der Waals surface area contributed by atoms with Gasteiger partial charge in [0.15, 0.2) is 0 Å². The number of aryl methyl sites for hydroxylation is 1. The van der Waals surface area contributed by atoms with Crippen LogP contribution in [-0.4, -0.2) is 91.4 Å². The molecule has 1 amide bonds. The van der Waals surface area contributed by atoms with Crippen LogP contribution in [0, 0.1) is 11.8 Å². The van der Waals surface area contributed by atoms with Crippen molar-refractivity contribution >= 4 is 29.2 Å². The number of ether oxygens (including phenoxy) is 3. The van der Waals surface area contributed by atoms with Crippen LogP contribution in [0.4, 0.5) is 5.69 Å². The Bertz CT molecular complexity index is 2190. The molecule has 0 radical (unpaired) electrons. The molecule has 338 valence electrons. The quantitative estimate of drug-likeness (QED) is 0.0838. The first kappa shape index (κ1) is 46.2. The zero-order valence-electron chi connectivity index (χ0n) is 38.0. The fraction of sp³-hybridized carbons (Fsp3) is 0.519. The van der Waals surface area contributed by atoms with Gasteiger partial charge in [0.25, 0.3) is 0 Å². The van der Waals surface area contributed by atoms with Gasteiger partial charge in [-0.3, -0.25) is 9.78 Å². The van der Waals surface area contributed by atoms with Crippen molar-refractivity contribution in [1.29, 1.82) is 0 Å². The molecule has 1 fully saturated rings. The molecular formula is C52H67ClN4O6. The van der Waals surface area contributed by atoms with Gasteiger partial charge in [0.1, 0.15) is 29.4 Å². The Morgan fingerprint density at radius 1 is 0.937 bits per heavy atom. The lowest BCUT2D eigenvalue weighted by atomic mass is 9.59. The molecule has 2 N–H and O–H groups in total. The fourth-order valence-electron chi connectivity index (χ4n) is 10.3. The summed E-state index contributed by atoms with van der Waals surface area (Å²) in [6, 6.07) is 24.0. The normalized spacial score (nSPS) is 22.0. The largest absolute Gasteiger partial charge is 0.494 e. The van der Waals surface area contributed by atoms with Crippen LogP contribution in [0.15, 0.2) is 79.0 Å². The first-order valence-corrected chi connectivity index (χ1v) is 23.5. The number of fused-ring (bicyclic) bond motifs is 3. The van der Waals surface area contributed by atoms with E-state index in [9.17, 15) is 14.7 Å². The smallest absolute Gasteiger partial charge is 0.329 e. The zero-order chi connectivity index (χ0) is 44.6. The first-order valence-electron chi connectivity index (χ1n) is 23.1. The number of hydrogen-bond acceptors (Lipinski definition) is 8. The number of likely N-dealkylation sites (N-methyl/N-ethyl adjacent to an activating group) is 2. The van der Waals surface area contributed by atoms with Crippen LogP contribution < -0.4 is 19.5 Å². The maximum absolute atomic E-state index is 13.1. The van der Waals surface area contributed by atoms with Crippen molar-refractivity contribution in [3.8, 4) is 17.2 Å². The lowest BCUT2D eigenvalue weighted by molar-refractivity contribution is -0.144. The minimum atomic E-state index is -1.10. The highest BCUT2D eigenvalue weighted by Gasteiger charge is 2.54. The molecule has 10 nitrogen and oxygen atoms in total. The Morgan fingerprint density at radius 2 is 1.71 bits per heavy atom. The summed E-state index contributed by atoms with van der Waals surface area (Å²) in [7, 11) is 5.92. The molecule has 0 aliphatic heterocycles. The average molecular weight is 880 g/mol. The number of aliphatic carboxylic acids is 1. The maximum Gasteiger partial charge on any atom is 0.329 e. The van der Waals surface area contributed by atoms with E-state index in [0.717, 1.165) is 80.0 Å². The van der Waals surface area contributed by atoms with Gasteiger partial charge in [0, 0.05) is 54.7 Å². The number of carboxylic acids is 1. The summed E-state index contributed by atoms with van der Waals surface area (Å²) in [5.74, 6) is 2.91. The van der Waals surface area contributed by atoms with Gasteiger partial charge in [0.05, 0.1) is 13.2 Å². The van der Waals surface area contributed by atoms with Crippen LogP contribution in [0.1, 0.15) is 106 Å². The van der Waals surface area contributed by atoms with Crippen LogP contribution in [0.3, 0.4) is 0 Å². The number of carbonyl (C=O) groups is 2. The number of aromatic nitrogens is 1. The number of benzene rings is 3. The molecule has 1 heterocycles. The molecule has 63 heavy (non-hydrogen) atoms. The Hall–Kier alpha value is -4.80. The van der Waals surface area contributed by atoms with Crippen LogP contribution in [0.2, 0.25) is 5.02 Å². The number of halogens is 1. The Kier molecular flexibility index (Phi) is 15.3. The van der Waals surface area contributed by atoms with E-state index in [1.54, 1.807) is 17.0 Å². The van der Waals surface area contributed by atoms with Crippen molar-refractivity contribution in [3.63, 3.8) is 0 Å². The van der Waals surface area contributed by atoms with E-state index in [2.05, 4.69) is 59.4 Å². The predicted octanol–water partition coefficient (Wildman–Crippen LogP) is 10.0. The lowest BCUT2D eigenvalue weighted by Gasteiger charge is -2.47. The molecule has 0 saturated heterocycles. The standard InChI is InChI=1S/C52H67ClN4O6/c1-36(35-63-47-19-25-54-46-15-6-10-37(2)49(46)47)30-40-32-39-17-18-44(34-45(39)51(40)21-23-52(24-22-51,50(59)60)55-42-13-8-12-41(53)33-42)61-28-9-16-48(58)57(5)26-20-38-11-7-14-43(31-38)62-29-27-56(3)4/h7-8,11-14,17-19,25,31,33-34,36-37,40,55H,6,9-10,15-16,20-24,26-30,32,35H2,1-5H3,(H,59,60)/t36-,37-,40?,51?,52?/m1/s1. The van der Waals surface area contributed by atoms with Crippen molar-refractivity contribution in [1.82, 2.24) is 14.8 Å². The summed E-state index contributed by atoms with van der Waals surface area (Å²) >= 11 is 6.33. The highest BCUT2D eigenvalue weighted by molar-refractivity contribution is 6.30. The molecule has 11 heteroatoms. The van der Waals surface area contributed by atoms with E-state index in [1.165, 1.54) is 28.8 Å². The van der Waals surface area contributed by atoms with E-state index in [1.807, 2.05) is 57.7 Å². The lowest BCUT2D eigenvalue weighted by Crippen LogP contribution is -2.53. The van der Waals surface area contributed by atoms with Crippen molar-refractivity contribution in [2.24, 2.45) is 11.8 Å². The van der Waals surface area contributed by atoms with Crippen LogP contribution in [0.5, 0.6) is 17.2 Å². The molecule has 0 bridgehead atoms. The zero-order valence-corrected chi connectivity index (χ0v) is 38.7. The summed E-state index contributed by atoms with van der Waals surface area (Å²) < 4.78 is 18.9.